The molecule has 0 radical (unpaired) electrons. The molecule has 0 aliphatic heterocycles. The number of hydrogen-bond acceptors (Lipinski definition) is 5. The summed E-state index contributed by atoms with van der Waals surface area (Å²) in [6.45, 7) is 0.658. The lowest BCUT2D eigenvalue weighted by molar-refractivity contribution is -0.384. The average Bonchev–Trinajstić information content (AvgIpc) is 3.27. The van der Waals surface area contributed by atoms with Crippen LogP contribution in [-0.2, 0) is 12.8 Å². The van der Waals surface area contributed by atoms with Crippen LogP contribution in [0.2, 0.25) is 0 Å². The van der Waals surface area contributed by atoms with E-state index in [1.807, 2.05) is 28.3 Å². The van der Waals surface area contributed by atoms with Gasteiger partial charge in [-0.2, -0.15) is 5.10 Å². The van der Waals surface area contributed by atoms with E-state index in [9.17, 15) is 10.1 Å². The lowest BCUT2D eigenvalue weighted by Gasteiger charge is -2.18. The first-order valence-corrected chi connectivity index (χ1v) is 12.2. The molecule has 0 unspecified atom stereocenters. The molecule has 0 bridgehead atoms. The molecule has 0 N–H and O–H groups in total. The molecular formula is C27H24N4O2S. The Bertz CT molecular complexity index is 1400. The van der Waals surface area contributed by atoms with Gasteiger partial charge in [-0.05, 0) is 48.9 Å². The number of benzene rings is 3. The van der Waals surface area contributed by atoms with Crippen molar-refractivity contribution in [1.82, 2.24) is 4.68 Å². The number of aryl methyl sites for hydroxylation is 1. The van der Waals surface area contributed by atoms with Gasteiger partial charge in [-0.25, -0.2) is 4.68 Å². The maximum atomic E-state index is 11.1. The van der Waals surface area contributed by atoms with Gasteiger partial charge in [0.15, 0.2) is 0 Å². The van der Waals surface area contributed by atoms with Gasteiger partial charge in [0.1, 0.15) is 0 Å². The third-order valence-electron chi connectivity index (χ3n) is 5.96. The highest BCUT2D eigenvalue weighted by Gasteiger charge is 2.17. The van der Waals surface area contributed by atoms with Gasteiger partial charge in [-0.3, -0.25) is 15.1 Å². The number of thiazole rings is 1. The summed E-state index contributed by atoms with van der Waals surface area (Å²) in [5.41, 5.74) is 6.64. The van der Waals surface area contributed by atoms with Crippen molar-refractivity contribution in [3.05, 3.63) is 116 Å². The van der Waals surface area contributed by atoms with Gasteiger partial charge in [-0.15, -0.1) is 11.3 Å². The van der Waals surface area contributed by atoms with Crippen molar-refractivity contribution >= 4 is 22.7 Å². The standard InChI is InChI=1S/C27H24N4O2S/c32-31(33)23-15-13-22(14-16-23)26-19-34-27(28-18-17-20-7-2-1-3-8-20)30(26)29-25-12-6-10-21-9-4-5-11-24(21)25/h1-5,7-9,11,13-16,19H,6,10,12,17-18H2. The molecular weight excluding hydrogens is 444 g/mol. The molecule has 0 spiro atoms. The van der Waals surface area contributed by atoms with E-state index in [0.717, 1.165) is 47.5 Å². The summed E-state index contributed by atoms with van der Waals surface area (Å²) < 4.78 is 1.91. The molecule has 0 fully saturated rings. The lowest BCUT2D eigenvalue weighted by Crippen LogP contribution is -2.19. The van der Waals surface area contributed by atoms with Gasteiger partial charge in [-0.1, -0.05) is 54.6 Å². The molecule has 170 valence electrons. The van der Waals surface area contributed by atoms with E-state index in [1.165, 1.54) is 28.8 Å². The second-order valence-electron chi connectivity index (χ2n) is 8.19. The fourth-order valence-corrected chi connectivity index (χ4v) is 5.07. The number of nitrogens with zero attached hydrogens (tertiary/aromatic N) is 4. The Morgan fingerprint density at radius 3 is 2.50 bits per heavy atom. The number of fused-ring (bicyclic) bond motifs is 1. The van der Waals surface area contributed by atoms with Crippen molar-refractivity contribution in [1.29, 1.82) is 0 Å². The lowest BCUT2D eigenvalue weighted by atomic mass is 9.90. The molecule has 4 aromatic rings. The van der Waals surface area contributed by atoms with Crippen LogP contribution in [0.3, 0.4) is 0 Å². The molecule has 0 amide bonds. The quantitative estimate of drug-likeness (QED) is 0.263. The molecule has 1 heterocycles. The zero-order chi connectivity index (χ0) is 23.3. The summed E-state index contributed by atoms with van der Waals surface area (Å²) >= 11 is 1.54. The Kier molecular flexibility index (Phi) is 6.44. The number of rotatable bonds is 6. The maximum absolute atomic E-state index is 11.1. The number of hydrogen-bond donors (Lipinski definition) is 0. The Hall–Kier alpha value is -3.84. The number of non-ortho nitro benzene ring substituents is 1. The summed E-state index contributed by atoms with van der Waals surface area (Å²) in [5, 5.41) is 18.2. The molecule has 3 aromatic carbocycles. The molecule has 0 saturated heterocycles. The molecule has 6 nitrogen and oxygen atoms in total. The predicted molar refractivity (Wildman–Crippen MR) is 136 cm³/mol. The number of nitro groups is 1. The molecule has 34 heavy (non-hydrogen) atoms. The SMILES string of the molecule is O=[N+]([O-])c1ccc(-c2csc(=NCCc3ccccc3)n2N=C2CCCc3ccccc32)cc1. The maximum Gasteiger partial charge on any atom is 0.269 e. The van der Waals surface area contributed by atoms with Gasteiger partial charge < -0.3 is 0 Å². The largest absolute Gasteiger partial charge is 0.269 e. The summed E-state index contributed by atoms with van der Waals surface area (Å²) in [7, 11) is 0. The van der Waals surface area contributed by atoms with Gasteiger partial charge in [0.2, 0.25) is 4.80 Å². The fourth-order valence-electron chi connectivity index (χ4n) is 4.21. The van der Waals surface area contributed by atoms with E-state index in [1.54, 1.807) is 23.5 Å². The van der Waals surface area contributed by atoms with E-state index < -0.39 is 0 Å². The molecule has 1 aliphatic carbocycles. The number of aromatic nitrogens is 1. The predicted octanol–water partition coefficient (Wildman–Crippen LogP) is 5.86. The van der Waals surface area contributed by atoms with Crippen molar-refractivity contribution in [2.45, 2.75) is 25.7 Å². The Morgan fingerprint density at radius 1 is 0.941 bits per heavy atom. The average molecular weight is 469 g/mol. The third kappa shape index (κ3) is 4.75. The van der Waals surface area contributed by atoms with Crippen LogP contribution in [0.1, 0.15) is 29.5 Å². The zero-order valence-corrected chi connectivity index (χ0v) is 19.4. The Balaban J connectivity index is 1.56. The van der Waals surface area contributed by atoms with Gasteiger partial charge in [0.25, 0.3) is 5.69 Å². The van der Waals surface area contributed by atoms with Crippen LogP contribution in [0.25, 0.3) is 11.3 Å². The highest BCUT2D eigenvalue weighted by Crippen LogP contribution is 2.25. The molecule has 1 aromatic heterocycles. The second-order valence-corrected chi connectivity index (χ2v) is 9.03. The van der Waals surface area contributed by atoms with Crippen LogP contribution < -0.4 is 4.80 Å². The summed E-state index contributed by atoms with van der Waals surface area (Å²) in [6.07, 6.45) is 3.88. The van der Waals surface area contributed by atoms with E-state index in [-0.39, 0.29) is 10.6 Å². The third-order valence-corrected chi connectivity index (χ3v) is 6.81. The fraction of sp³-hybridized carbons (Fsp3) is 0.185. The summed E-state index contributed by atoms with van der Waals surface area (Å²) in [4.78, 5) is 16.4. The van der Waals surface area contributed by atoms with Crippen LogP contribution >= 0.6 is 11.3 Å². The van der Waals surface area contributed by atoms with Crippen LogP contribution in [-0.4, -0.2) is 21.9 Å². The second kappa shape index (κ2) is 9.97. The van der Waals surface area contributed by atoms with E-state index >= 15 is 0 Å². The van der Waals surface area contributed by atoms with Crippen LogP contribution in [0.4, 0.5) is 5.69 Å². The minimum atomic E-state index is -0.380. The first-order valence-electron chi connectivity index (χ1n) is 11.3. The molecule has 7 heteroatoms. The Morgan fingerprint density at radius 2 is 1.71 bits per heavy atom. The van der Waals surface area contributed by atoms with E-state index in [0.29, 0.717) is 6.54 Å². The van der Waals surface area contributed by atoms with Gasteiger partial charge >= 0.3 is 0 Å². The van der Waals surface area contributed by atoms with Crippen molar-refractivity contribution in [3.8, 4) is 11.3 Å². The van der Waals surface area contributed by atoms with Crippen LogP contribution in [0.15, 0.2) is 94.3 Å². The molecule has 0 atom stereocenters. The zero-order valence-electron chi connectivity index (χ0n) is 18.6. The normalized spacial score (nSPS) is 14.8. The van der Waals surface area contributed by atoms with Gasteiger partial charge in [0, 0.05) is 35.2 Å². The highest BCUT2D eigenvalue weighted by molar-refractivity contribution is 7.07. The minimum absolute atomic E-state index is 0.0748. The number of nitro benzene ring substituents is 1. The van der Waals surface area contributed by atoms with Crippen molar-refractivity contribution in [2.75, 3.05) is 6.54 Å². The van der Waals surface area contributed by atoms with Crippen molar-refractivity contribution in [3.63, 3.8) is 0 Å². The van der Waals surface area contributed by atoms with Crippen LogP contribution in [0, 0.1) is 10.1 Å². The first-order chi connectivity index (χ1) is 16.7. The smallest absolute Gasteiger partial charge is 0.258 e. The van der Waals surface area contributed by atoms with E-state index in [2.05, 4.69) is 36.4 Å². The summed E-state index contributed by atoms with van der Waals surface area (Å²) in [6, 6.07) is 25.4. The Labute approximate surface area is 201 Å². The van der Waals surface area contributed by atoms with Crippen molar-refractivity contribution < 1.29 is 4.92 Å². The first kappa shape index (κ1) is 22.0. The van der Waals surface area contributed by atoms with Crippen molar-refractivity contribution in [2.24, 2.45) is 10.1 Å². The molecule has 0 saturated carbocycles. The highest BCUT2D eigenvalue weighted by atomic mass is 32.1. The van der Waals surface area contributed by atoms with E-state index in [4.69, 9.17) is 10.1 Å². The molecule has 1 aliphatic rings. The topological polar surface area (TPSA) is 72.8 Å². The molecule has 5 rings (SSSR count). The monoisotopic (exact) mass is 468 g/mol. The minimum Gasteiger partial charge on any atom is -0.258 e. The van der Waals surface area contributed by atoms with Crippen LogP contribution in [0.5, 0.6) is 0 Å². The van der Waals surface area contributed by atoms with Gasteiger partial charge in [0.05, 0.1) is 16.3 Å². The summed E-state index contributed by atoms with van der Waals surface area (Å²) in [5.74, 6) is 0.